The van der Waals surface area contributed by atoms with Crippen molar-refractivity contribution in [3.8, 4) is 0 Å². The Morgan fingerprint density at radius 3 is 2.30 bits per heavy atom. The first kappa shape index (κ1) is 29.4. The SMILES string of the molecule is CC1(C)[C@@H]2CC[C@]1(CS(=O)(=O)N1CCC(Nc3nc(NC4CCC(N)CC4)nc4c3ncn4C3CCCC3)CC1)C(=O)C2. The Hall–Kier alpha value is -2.31. The Bertz CT molecular complexity index is 1470. The number of piperidine rings is 1. The van der Waals surface area contributed by atoms with Crippen molar-refractivity contribution in [1.29, 1.82) is 0 Å². The van der Waals surface area contributed by atoms with Crippen molar-refractivity contribution in [2.24, 2.45) is 22.5 Å². The van der Waals surface area contributed by atoms with Crippen LogP contribution in [0.2, 0.25) is 0 Å². The molecule has 2 bridgehead atoms. The summed E-state index contributed by atoms with van der Waals surface area (Å²) >= 11 is 0. The van der Waals surface area contributed by atoms with Crippen LogP contribution in [0.25, 0.3) is 11.2 Å². The maximum absolute atomic E-state index is 13.7. The summed E-state index contributed by atoms with van der Waals surface area (Å²) in [7, 11) is -3.55. The zero-order chi connectivity index (χ0) is 30.0. The van der Waals surface area contributed by atoms with Crippen molar-refractivity contribution in [3.05, 3.63) is 6.33 Å². The second-order valence-corrected chi connectivity index (χ2v) is 16.6. The number of fused-ring (bicyclic) bond motifs is 3. The third-order valence-electron chi connectivity index (χ3n) is 12.0. The number of rotatable bonds is 8. The summed E-state index contributed by atoms with van der Waals surface area (Å²) in [6.45, 7) is 5.08. The van der Waals surface area contributed by atoms with Crippen molar-refractivity contribution < 1.29 is 13.2 Å². The first-order chi connectivity index (χ1) is 20.6. The third-order valence-corrected chi connectivity index (χ3v) is 14.0. The number of nitrogens with zero attached hydrogens (tertiary/aromatic N) is 5. The van der Waals surface area contributed by atoms with E-state index in [1.54, 1.807) is 4.31 Å². The average Bonchev–Trinajstić information content (AvgIpc) is 3.73. The van der Waals surface area contributed by atoms with Gasteiger partial charge >= 0.3 is 0 Å². The van der Waals surface area contributed by atoms with E-state index in [2.05, 4.69) is 29.0 Å². The summed E-state index contributed by atoms with van der Waals surface area (Å²) in [5, 5.41) is 7.23. The summed E-state index contributed by atoms with van der Waals surface area (Å²) in [6.07, 6.45) is 14.2. The Morgan fingerprint density at radius 2 is 1.65 bits per heavy atom. The second kappa shape index (κ2) is 10.9. The lowest BCUT2D eigenvalue weighted by Gasteiger charge is -2.39. The Labute approximate surface area is 255 Å². The van der Waals surface area contributed by atoms with E-state index >= 15 is 0 Å². The molecule has 1 saturated heterocycles. The number of Topliss-reactive ketones (excluding diaryl/α,β-unsaturated/α-hetero) is 1. The van der Waals surface area contributed by atoms with Crippen LogP contribution in [0.1, 0.15) is 103 Å². The van der Waals surface area contributed by atoms with Gasteiger partial charge < -0.3 is 20.9 Å². The van der Waals surface area contributed by atoms with Crippen LogP contribution >= 0.6 is 0 Å². The number of hydrogen-bond acceptors (Lipinski definition) is 9. The summed E-state index contributed by atoms with van der Waals surface area (Å²) in [5.41, 5.74) is 6.78. The van der Waals surface area contributed by atoms with Crippen LogP contribution in [0.5, 0.6) is 0 Å². The van der Waals surface area contributed by atoms with Gasteiger partial charge in [0.2, 0.25) is 16.0 Å². The molecule has 0 radical (unpaired) electrons. The fourth-order valence-corrected chi connectivity index (χ4v) is 11.2. The predicted molar refractivity (Wildman–Crippen MR) is 167 cm³/mol. The molecule has 0 unspecified atom stereocenters. The summed E-state index contributed by atoms with van der Waals surface area (Å²) in [5.74, 6) is 1.74. The summed E-state index contributed by atoms with van der Waals surface area (Å²) in [6, 6.07) is 1.05. The second-order valence-electron chi connectivity index (χ2n) is 14.7. The van der Waals surface area contributed by atoms with Crippen molar-refractivity contribution >= 4 is 38.7 Å². The number of nitrogens with one attached hydrogen (secondary N) is 2. The molecule has 2 aromatic heterocycles. The third kappa shape index (κ3) is 5.14. The van der Waals surface area contributed by atoms with Gasteiger partial charge in [0.15, 0.2) is 17.0 Å². The van der Waals surface area contributed by atoms with Gasteiger partial charge in [-0.05, 0) is 75.5 Å². The van der Waals surface area contributed by atoms with E-state index in [0.717, 1.165) is 56.1 Å². The first-order valence-electron chi connectivity index (χ1n) is 16.6. The maximum Gasteiger partial charge on any atom is 0.227 e. The molecule has 7 rings (SSSR count). The number of imidazole rings is 1. The van der Waals surface area contributed by atoms with Crippen molar-refractivity contribution in [2.75, 3.05) is 29.5 Å². The van der Waals surface area contributed by atoms with Gasteiger partial charge in [0, 0.05) is 49.1 Å². The molecular formula is C31H48N8O3S. The van der Waals surface area contributed by atoms with Gasteiger partial charge in [-0.25, -0.2) is 17.7 Å². The quantitative estimate of drug-likeness (QED) is 0.398. The van der Waals surface area contributed by atoms with E-state index in [4.69, 9.17) is 20.7 Å². The molecule has 3 heterocycles. The van der Waals surface area contributed by atoms with Gasteiger partial charge in [0.1, 0.15) is 5.78 Å². The predicted octanol–water partition coefficient (Wildman–Crippen LogP) is 4.22. The van der Waals surface area contributed by atoms with E-state index < -0.39 is 15.4 Å². The van der Waals surface area contributed by atoms with Crippen molar-refractivity contribution in [1.82, 2.24) is 23.8 Å². The van der Waals surface area contributed by atoms with Crippen LogP contribution in [0.3, 0.4) is 0 Å². The molecule has 12 heteroatoms. The summed E-state index contributed by atoms with van der Waals surface area (Å²) < 4.78 is 31.2. The minimum absolute atomic E-state index is 0.0489. The van der Waals surface area contributed by atoms with Crippen LogP contribution in [0.4, 0.5) is 11.8 Å². The fourth-order valence-electron chi connectivity index (χ4n) is 8.96. The first-order valence-corrected chi connectivity index (χ1v) is 18.2. The van der Waals surface area contributed by atoms with Gasteiger partial charge in [0.05, 0.1) is 12.1 Å². The molecule has 0 aromatic carbocycles. The number of ketones is 1. The topological polar surface area (TPSA) is 148 Å². The van der Waals surface area contributed by atoms with E-state index in [9.17, 15) is 13.2 Å². The lowest BCUT2D eigenvalue weighted by Crippen LogP contribution is -2.49. The van der Waals surface area contributed by atoms with E-state index in [0.29, 0.717) is 68.5 Å². The molecule has 0 spiro atoms. The molecule has 4 saturated carbocycles. The molecule has 2 aromatic rings. The monoisotopic (exact) mass is 612 g/mol. The molecule has 1 aliphatic heterocycles. The van der Waals surface area contributed by atoms with E-state index in [1.807, 2.05) is 6.33 Å². The zero-order valence-electron chi connectivity index (χ0n) is 25.7. The van der Waals surface area contributed by atoms with Crippen molar-refractivity contribution in [2.45, 2.75) is 121 Å². The van der Waals surface area contributed by atoms with Crippen LogP contribution in [-0.2, 0) is 14.8 Å². The fraction of sp³-hybridized carbons (Fsp3) is 0.806. The highest BCUT2D eigenvalue weighted by Crippen LogP contribution is 2.64. The number of nitrogens with two attached hydrogens (primary N) is 1. The Balaban J connectivity index is 1.07. The van der Waals surface area contributed by atoms with E-state index in [1.165, 1.54) is 12.8 Å². The maximum atomic E-state index is 13.7. The molecule has 11 nitrogen and oxygen atoms in total. The normalized spacial score (nSPS) is 32.2. The lowest BCUT2D eigenvalue weighted by atomic mass is 9.70. The molecule has 4 N–H and O–H groups in total. The lowest BCUT2D eigenvalue weighted by molar-refractivity contribution is -0.128. The number of aromatic nitrogens is 4. The number of hydrogen-bond donors (Lipinski definition) is 3. The van der Waals surface area contributed by atoms with Gasteiger partial charge in [-0.15, -0.1) is 0 Å². The standard InChI is InChI=1S/C31H48N8O3S/c1-30(2)20-11-14-31(30,25(40)17-20)18-43(41,42)38-15-12-23(13-16-38)34-27-26-28(39(19-33-26)24-5-3-4-6-24)37-29(36-27)35-22-9-7-21(32)8-10-22/h19-24H,3-18,32H2,1-2H3,(H2,34,35,36,37)/t20-,21?,22?,31+/m1/s1. The molecule has 2 atom stereocenters. The van der Waals surface area contributed by atoms with Crippen LogP contribution in [-0.4, -0.2) is 75.0 Å². The molecule has 4 aliphatic carbocycles. The van der Waals surface area contributed by atoms with Crippen LogP contribution in [0, 0.1) is 16.7 Å². The van der Waals surface area contributed by atoms with Crippen LogP contribution in [0.15, 0.2) is 6.33 Å². The molecular weight excluding hydrogens is 564 g/mol. The van der Waals surface area contributed by atoms with Gasteiger partial charge in [-0.3, -0.25) is 4.79 Å². The highest BCUT2D eigenvalue weighted by molar-refractivity contribution is 7.89. The van der Waals surface area contributed by atoms with Crippen molar-refractivity contribution in [3.63, 3.8) is 0 Å². The van der Waals surface area contributed by atoms with Gasteiger partial charge in [-0.2, -0.15) is 9.97 Å². The molecule has 43 heavy (non-hydrogen) atoms. The van der Waals surface area contributed by atoms with E-state index in [-0.39, 0.29) is 29.0 Å². The number of sulfonamides is 1. The number of carbonyl (C=O) groups excluding carboxylic acids is 1. The Morgan fingerprint density at radius 1 is 0.953 bits per heavy atom. The molecule has 0 amide bonds. The highest BCUT2D eigenvalue weighted by atomic mass is 32.2. The smallest absolute Gasteiger partial charge is 0.227 e. The minimum atomic E-state index is -3.55. The Kier molecular flexibility index (Phi) is 7.48. The molecule has 5 aliphatic rings. The molecule has 236 valence electrons. The van der Waals surface area contributed by atoms with Gasteiger partial charge in [0.25, 0.3) is 0 Å². The number of anilines is 2. The summed E-state index contributed by atoms with van der Waals surface area (Å²) in [4.78, 5) is 27.7. The number of carbonyl (C=O) groups is 1. The van der Waals surface area contributed by atoms with Crippen LogP contribution < -0.4 is 16.4 Å². The largest absolute Gasteiger partial charge is 0.365 e. The minimum Gasteiger partial charge on any atom is -0.365 e. The van der Waals surface area contributed by atoms with Gasteiger partial charge in [-0.1, -0.05) is 26.7 Å². The average molecular weight is 613 g/mol. The highest BCUT2D eigenvalue weighted by Gasteiger charge is 2.65. The zero-order valence-corrected chi connectivity index (χ0v) is 26.5. The molecule has 5 fully saturated rings.